The number of urea groups is 1. The Morgan fingerprint density at radius 2 is 1.93 bits per heavy atom. The van der Waals surface area contributed by atoms with Gasteiger partial charge >= 0.3 is 6.03 Å². The van der Waals surface area contributed by atoms with E-state index in [4.69, 9.17) is 4.74 Å². The molecule has 2 N–H and O–H groups in total. The highest BCUT2D eigenvalue weighted by Gasteiger charge is 2.36. The van der Waals surface area contributed by atoms with Crippen LogP contribution in [0.1, 0.15) is 31.2 Å². The van der Waals surface area contributed by atoms with Gasteiger partial charge in [0.2, 0.25) is 0 Å². The lowest BCUT2D eigenvalue weighted by Crippen LogP contribution is -2.35. The molecule has 1 aliphatic rings. The first-order valence-electron chi connectivity index (χ1n) is 9.77. The van der Waals surface area contributed by atoms with Crippen LogP contribution in [-0.2, 0) is 21.1 Å². The summed E-state index contributed by atoms with van der Waals surface area (Å²) in [7, 11) is -1.83. The van der Waals surface area contributed by atoms with Crippen LogP contribution in [0, 0.1) is 5.92 Å². The third kappa shape index (κ3) is 5.55. The molecule has 1 aromatic carbocycles. The third-order valence-electron chi connectivity index (χ3n) is 5.24. The molecule has 1 saturated carbocycles. The molecular weight excluding hydrogens is 390 g/mol. The van der Waals surface area contributed by atoms with E-state index in [9.17, 15) is 13.2 Å². The maximum Gasteiger partial charge on any atom is 0.319 e. The summed E-state index contributed by atoms with van der Waals surface area (Å²) in [5, 5.41) is 5.04. The summed E-state index contributed by atoms with van der Waals surface area (Å²) in [6.45, 7) is 0.815. The Balaban J connectivity index is 1.62. The first-order valence-corrected chi connectivity index (χ1v) is 11.3. The molecule has 2 unspecified atom stereocenters. The molecule has 2 atom stereocenters. The number of sulfone groups is 1. The highest BCUT2D eigenvalue weighted by atomic mass is 32.2. The van der Waals surface area contributed by atoms with Crippen molar-refractivity contribution >= 4 is 21.6 Å². The van der Waals surface area contributed by atoms with Crippen LogP contribution in [0.25, 0.3) is 0 Å². The van der Waals surface area contributed by atoms with Gasteiger partial charge in [0, 0.05) is 31.7 Å². The van der Waals surface area contributed by atoms with E-state index in [1.54, 1.807) is 49.8 Å². The number of carbonyl (C=O) groups excluding carboxylic acids is 1. The van der Waals surface area contributed by atoms with Crippen LogP contribution in [-0.4, -0.2) is 38.4 Å². The summed E-state index contributed by atoms with van der Waals surface area (Å²) >= 11 is 0. The van der Waals surface area contributed by atoms with Gasteiger partial charge in [0.05, 0.1) is 16.8 Å². The molecule has 7 nitrogen and oxygen atoms in total. The number of pyridine rings is 1. The number of methoxy groups -OCH3 is 1. The van der Waals surface area contributed by atoms with Crippen LogP contribution in [0.5, 0.6) is 0 Å². The van der Waals surface area contributed by atoms with E-state index in [0.717, 1.165) is 24.8 Å². The van der Waals surface area contributed by atoms with Crippen molar-refractivity contribution in [2.45, 2.75) is 42.4 Å². The minimum Gasteiger partial charge on any atom is -0.384 e. The topological polar surface area (TPSA) is 97.4 Å². The molecule has 0 spiro atoms. The van der Waals surface area contributed by atoms with Crippen molar-refractivity contribution in [2.24, 2.45) is 5.92 Å². The number of hydrogen-bond donors (Lipinski definition) is 2. The van der Waals surface area contributed by atoms with E-state index in [2.05, 4.69) is 15.6 Å². The van der Waals surface area contributed by atoms with Crippen LogP contribution >= 0.6 is 0 Å². The van der Waals surface area contributed by atoms with Crippen molar-refractivity contribution in [1.82, 2.24) is 10.3 Å². The van der Waals surface area contributed by atoms with Crippen molar-refractivity contribution in [2.75, 3.05) is 19.0 Å². The number of benzene rings is 1. The molecule has 0 saturated heterocycles. The number of rotatable bonds is 7. The Morgan fingerprint density at radius 3 is 2.62 bits per heavy atom. The second kappa shape index (κ2) is 9.84. The molecule has 2 aromatic rings. The Labute approximate surface area is 171 Å². The van der Waals surface area contributed by atoms with Gasteiger partial charge in [0.25, 0.3) is 0 Å². The molecule has 156 valence electrons. The molecule has 0 bridgehead atoms. The molecule has 2 amide bonds. The lowest BCUT2D eigenvalue weighted by Gasteiger charge is -2.30. The summed E-state index contributed by atoms with van der Waals surface area (Å²) in [5.74, 6) is 0.0230. The van der Waals surface area contributed by atoms with Gasteiger partial charge in [-0.1, -0.05) is 18.9 Å². The van der Waals surface area contributed by atoms with Gasteiger partial charge in [0.1, 0.15) is 0 Å². The maximum atomic E-state index is 13.1. The molecule has 1 aromatic heterocycles. The fraction of sp³-hybridized carbons (Fsp3) is 0.429. The van der Waals surface area contributed by atoms with Crippen LogP contribution in [0.15, 0.2) is 53.7 Å². The van der Waals surface area contributed by atoms with E-state index in [0.29, 0.717) is 25.3 Å². The Bertz CT molecular complexity index is 899. The number of amides is 2. The third-order valence-corrected chi connectivity index (χ3v) is 7.58. The molecule has 1 heterocycles. The maximum absolute atomic E-state index is 13.1. The van der Waals surface area contributed by atoms with E-state index in [1.165, 1.54) is 0 Å². The minimum atomic E-state index is -3.44. The zero-order chi connectivity index (χ0) is 20.7. The number of carbonyl (C=O) groups is 1. The van der Waals surface area contributed by atoms with Crippen molar-refractivity contribution in [3.8, 4) is 0 Å². The predicted octanol–water partition coefficient (Wildman–Crippen LogP) is 3.38. The monoisotopic (exact) mass is 417 g/mol. The normalized spacial score (nSPS) is 19.5. The fourth-order valence-electron chi connectivity index (χ4n) is 3.75. The SMILES string of the molecule is COCC1CCCCC1S(=O)(=O)c1ccc(NC(=O)NCc2cccnc2)cc1. The largest absolute Gasteiger partial charge is 0.384 e. The van der Waals surface area contributed by atoms with Crippen molar-refractivity contribution < 1.29 is 17.9 Å². The van der Waals surface area contributed by atoms with Gasteiger partial charge in [-0.15, -0.1) is 0 Å². The van der Waals surface area contributed by atoms with Crippen LogP contribution < -0.4 is 10.6 Å². The minimum absolute atomic E-state index is 0.0230. The van der Waals surface area contributed by atoms with Crippen LogP contribution in [0.3, 0.4) is 0 Å². The van der Waals surface area contributed by atoms with Gasteiger partial charge in [0.15, 0.2) is 9.84 Å². The fourth-order valence-corrected chi connectivity index (χ4v) is 5.81. The van der Waals surface area contributed by atoms with Crippen LogP contribution in [0.2, 0.25) is 0 Å². The average molecular weight is 418 g/mol. The lowest BCUT2D eigenvalue weighted by molar-refractivity contribution is 0.133. The highest BCUT2D eigenvalue weighted by Crippen LogP contribution is 2.33. The first kappa shape index (κ1) is 21.3. The predicted molar refractivity (Wildman–Crippen MR) is 111 cm³/mol. The molecular formula is C21H27N3O4S. The zero-order valence-corrected chi connectivity index (χ0v) is 17.3. The molecule has 1 aliphatic carbocycles. The van der Waals surface area contributed by atoms with Gasteiger partial charge in [-0.25, -0.2) is 13.2 Å². The number of anilines is 1. The Hall–Kier alpha value is -2.45. The number of aromatic nitrogens is 1. The van der Waals surface area contributed by atoms with E-state index >= 15 is 0 Å². The van der Waals surface area contributed by atoms with Gasteiger partial charge in [-0.2, -0.15) is 0 Å². The van der Waals surface area contributed by atoms with Crippen molar-refractivity contribution in [3.05, 3.63) is 54.4 Å². The quantitative estimate of drug-likeness (QED) is 0.720. The van der Waals surface area contributed by atoms with E-state index in [1.807, 2.05) is 6.07 Å². The summed E-state index contributed by atoms with van der Waals surface area (Å²) in [6, 6.07) is 9.66. The lowest BCUT2D eigenvalue weighted by atomic mass is 9.89. The average Bonchev–Trinajstić information content (AvgIpc) is 2.74. The number of ether oxygens (including phenoxy) is 1. The summed E-state index contributed by atoms with van der Waals surface area (Å²) in [5.41, 5.74) is 1.42. The standard InChI is InChI=1S/C21H27N3O4S/c1-28-15-17-6-2-3-7-20(17)29(26,27)19-10-8-18(9-11-19)24-21(25)23-14-16-5-4-12-22-13-16/h4-5,8-13,17,20H,2-3,6-7,14-15H2,1H3,(H2,23,24,25). The summed E-state index contributed by atoms with van der Waals surface area (Å²) in [6.07, 6.45) is 6.84. The second-order valence-electron chi connectivity index (χ2n) is 7.28. The van der Waals surface area contributed by atoms with Gasteiger partial charge < -0.3 is 15.4 Å². The smallest absolute Gasteiger partial charge is 0.319 e. The molecule has 29 heavy (non-hydrogen) atoms. The molecule has 8 heteroatoms. The summed E-state index contributed by atoms with van der Waals surface area (Å²) < 4.78 is 31.4. The zero-order valence-electron chi connectivity index (χ0n) is 16.5. The molecule has 1 fully saturated rings. The van der Waals surface area contributed by atoms with E-state index < -0.39 is 15.1 Å². The van der Waals surface area contributed by atoms with E-state index in [-0.39, 0.29) is 16.8 Å². The number of hydrogen-bond acceptors (Lipinski definition) is 5. The molecule has 3 rings (SSSR count). The van der Waals surface area contributed by atoms with Gasteiger partial charge in [-0.05, 0) is 54.7 Å². The molecule has 0 aliphatic heterocycles. The van der Waals surface area contributed by atoms with Crippen molar-refractivity contribution in [1.29, 1.82) is 0 Å². The first-order chi connectivity index (χ1) is 14.0. The Kier molecular flexibility index (Phi) is 7.22. The number of nitrogens with zero attached hydrogens (tertiary/aromatic N) is 1. The summed E-state index contributed by atoms with van der Waals surface area (Å²) in [4.78, 5) is 16.3. The Morgan fingerprint density at radius 1 is 1.17 bits per heavy atom. The highest BCUT2D eigenvalue weighted by molar-refractivity contribution is 7.92. The second-order valence-corrected chi connectivity index (χ2v) is 9.44. The van der Waals surface area contributed by atoms with Gasteiger partial charge in [-0.3, -0.25) is 4.98 Å². The van der Waals surface area contributed by atoms with Crippen molar-refractivity contribution in [3.63, 3.8) is 0 Å². The molecule has 0 radical (unpaired) electrons. The van der Waals surface area contributed by atoms with Crippen LogP contribution in [0.4, 0.5) is 10.5 Å². The number of nitrogens with one attached hydrogen (secondary N) is 2.